The van der Waals surface area contributed by atoms with Crippen molar-refractivity contribution in [2.75, 3.05) is 20.3 Å². The van der Waals surface area contributed by atoms with E-state index in [1.54, 1.807) is 18.2 Å². The Labute approximate surface area is 180 Å². The molecule has 0 heterocycles. The van der Waals surface area contributed by atoms with Crippen molar-refractivity contribution in [2.24, 2.45) is 0 Å². The van der Waals surface area contributed by atoms with E-state index in [1.165, 1.54) is 7.11 Å². The summed E-state index contributed by atoms with van der Waals surface area (Å²) >= 11 is 0. The Kier molecular flexibility index (Phi) is 7.48. The molecule has 0 spiro atoms. The normalized spacial score (nSPS) is 10.1. The summed E-state index contributed by atoms with van der Waals surface area (Å²) in [5.74, 6) is 0.535. The van der Waals surface area contributed by atoms with Crippen LogP contribution in [0.25, 0.3) is 11.1 Å². The van der Waals surface area contributed by atoms with E-state index in [0.29, 0.717) is 17.2 Å². The van der Waals surface area contributed by atoms with Crippen molar-refractivity contribution in [2.45, 2.75) is 6.92 Å². The summed E-state index contributed by atoms with van der Waals surface area (Å²) in [6, 6.07) is 22.5. The molecule has 0 bridgehead atoms. The Morgan fingerprint density at radius 2 is 1.35 bits per heavy atom. The number of para-hydroxylation sites is 1. The largest absolute Gasteiger partial charge is 0.493 e. The molecule has 0 unspecified atom stereocenters. The molecule has 0 aliphatic rings. The molecule has 7 heteroatoms. The third-order valence-electron chi connectivity index (χ3n) is 4.35. The first-order valence-corrected chi connectivity index (χ1v) is 9.69. The monoisotopic (exact) mass is 420 g/mol. The number of rotatable bonds is 8. The fourth-order valence-electron chi connectivity index (χ4n) is 2.84. The molecule has 7 nitrogen and oxygen atoms in total. The number of hydrogen-bond acceptors (Lipinski definition) is 5. The number of ether oxygens (including phenoxy) is 3. The van der Waals surface area contributed by atoms with Crippen LogP contribution in [0.5, 0.6) is 17.2 Å². The van der Waals surface area contributed by atoms with Crippen LogP contribution in [0, 0.1) is 6.92 Å². The lowest BCUT2D eigenvalue weighted by molar-refractivity contribution is -0.131. The number of carbonyl (C=O) groups is 2. The maximum atomic E-state index is 12.1. The van der Waals surface area contributed by atoms with Crippen LogP contribution in [0.2, 0.25) is 0 Å². The lowest BCUT2D eigenvalue weighted by Gasteiger charge is -2.13. The number of hydrazine groups is 1. The quantitative estimate of drug-likeness (QED) is 0.547. The number of methoxy groups -OCH3 is 1. The zero-order valence-corrected chi connectivity index (χ0v) is 17.4. The minimum absolute atomic E-state index is 0.253. The Hall–Kier alpha value is -4.00. The van der Waals surface area contributed by atoms with Gasteiger partial charge in [-0.2, -0.15) is 0 Å². The van der Waals surface area contributed by atoms with Gasteiger partial charge in [-0.05, 0) is 36.2 Å². The van der Waals surface area contributed by atoms with E-state index in [1.807, 2.05) is 61.5 Å². The maximum Gasteiger partial charge on any atom is 0.276 e. The molecule has 160 valence electrons. The van der Waals surface area contributed by atoms with Crippen molar-refractivity contribution >= 4 is 11.8 Å². The van der Waals surface area contributed by atoms with Gasteiger partial charge in [-0.25, -0.2) is 0 Å². The Balaban J connectivity index is 1.46. The van der Waals surface area contributed by atoms with Crippen LogP contribution in [0.4, 0.5) is 0 Å². The van der Waals surface area contributed by atoms with Crippen molar-refractivity contribution in [3.8, 4) is 28.4 Å². The molecule has 3 rings (SSSR count). The van der Waals surface area contributed by atoms with Gasteiger partial charge in [0.25, 0.3) is 11.8 Å². The second kappa shape index (κ2) is 10.7. The number of aryl methyl sites for hydroxylation is 1. The van der Waals surface area contributed by atoms with Crippen LogP contribution in [0.15, 0.2) is 72.8 Å². The summed E-state index contributed by atoms with van der Waals surface area (Å²) in [4.78, 5) is 24.0. The summed E-state index contributed by atoms with van der Waals surface area (Å²) in [5, 5.41) is 0. The minimum atomic E-state index is -0.513. The van der Waals surface area contributed by atoms with Gasteiger partial charge >= 0.3 is 0 Å². The number of nitrogens with one attached hydrogen (secondary N) is 2. The molecular formula is C24H24N2O5. The summed E-state index contributed by atoms with van der Waals surface area (Å²) in [6.07, 6.45) is 0. The fraction of sp³-hybridized carbons (Fsp3) is 0.167. The Morgan fingerprint density at radius 1 is 0.742 bits per heavy atom. The van der Waals surface area contributed by atoms with Crippen LogP contribution in [-0.2, 0) is 9.59 Å². The molecule has 0 aliphatic carbocycles. The van der Waals surface area contributed by atoms with Crippen LogP contribution >= 0.6 is 0 Å². The smallest absolute Gasteiger partial charge is 0.276 e. The molecule has 0 saturated carbocycles. The van der Waals surface area contributed by atoms with Gasteiger partial charge in [0.2, 0.25) is 0 Å². The van der Waals surface area contributed by atoms with Gasteiger partial charge in [-0.1, -0.05) is 54.6 Å². The standard InChI is InChI=1S/C24H24N2O5/c1-17-12-13-21(22(14-17)29-2)31-16-24(28)26-25-23(27)15-30-20-11-7-6-10-19(20)18-8-4-3-5-9-18/h3-14H,15-16H2,1-2H3,(H,25,27)(H,26,28). The molecule has 3 aromatic carbocycles. The van der Waals surface area contributed by atoms with Crippen LogP contribution < -0.4 is 25.1 Å². The Morgan fingerprint density at radius 3 is 2.03 bits per heavy atom. The molecule has 31 heavy (non-hydrogen) atoms. The zero-order chi connectivity index (χ0) is 22.1. The van der Waals surface area contributed by atoms with E-state index in [9.17, 15) is 9.59 Å². The molecule has 0 atom stereocenters. The van der Waals surface area contributed by atoms with Gasteiger partial charge < -0.3 is 14.2 Å². The third kappa shape index (κ3) is 6.24. The first-order chi connectivity index (χ1) is 15.1. The van der Waals surface area contributed by atoms with Crippen molar-refractivity contribution in [3.63, 3.8) is 0 Å². The zero-order valence-electron chi connectivity index (χ0n) is 17.4. The van der Waals surface area contributed by atoms with Gasteiger partial charge in [-0.15, -0.1) is 0 Å². The molecule has 2 N–H and O–H groups in total. The second-order valence-electron chi connectivity index (χ2n) is 6.69. The average molecular weight is 420 g/mol. The molecule has 2 amide bonds. The second-order valence-corrected chi connectivity index (χ2v) is 6.69. The number of benzene rings is 3. The summed E-state index contributed by atoms with van der Waals surface area (Å²) in [5.41, 5.74) is 7.48. The van der Waals surface area contributed by atoms with Gasteiger partial charge in [0.05, 0.1) is 7.11 Å². The molecule has 3 aromatic rings. The molecule has 0 fully saturated rings. The van der Waals surface area contributed by atoms with Gasteiger partial charge in [-0.3, -0.25) is 20.4 Å². The summed E-state index contributed by atoms with van der Waals surface area (Å²) < 4.78 is 16.3. The van der Waals surface area contributed by atoms with E-state index in [4.69, 9.17) is 14.2 Å². The highest BCUT2D eigenvalue weighted by molar-refractivity contribution is 5.83. The maximum absolute atomic E-state index is 12.1. The number of carbonyl (C=O) groups excluding carboxylic acids is 2. The lowest BCUT2D eigenvalue weighted by atomic mass is 10.1. The van der Waals surface area contributed by atoms with Gasteiger partial charge in [0, 0.05) is 5.56 Å². The molecule has 0 aromatic heterocycles. The predicted molar refractivity (Wildman–Crippen MR) is 117 cm³/mol. The lowest BCUT2D eigenvalue weighted by Crippen LogP contribution is -2.45. The van der Waals surface area contributed by atoms with E-state index >= 15 is 0 Å². The SMILES string of the molecule is COc1cc(C)ccc1OCC(=O)NNC(=O)COc1ccccc1-c1ccccc1. The van der Waals surface area contributed by atoms with Crippen molar-refractivity contribution < 1.29 is 23.8 Å². The van der Waals surface area contributed by atoms with E-state index in [0.717, 1.165) is 16.7 Å². The fourth-order valence-corrected chi connectivity index (χ4v) is 2.84. The topological polar surface area (TPSA) is 85.9 Å². The minimum Gasteiger partial charge on any atom is -0.493 e. The first kappa shape index (κ1) is 21.7. The van der Waals surface area contributed by atoms with E-state index in [2.05, 4.69) is 10.9 Å². The third-order valence-corrected chi connectivity index (χ3v) is 4.35. The van der Waals surface area contributed by atoms with E-state index < -0.39 is 11.8 Å². The van der Waals surface area contributed by atoms with Crippen molar-refractivity contribution in [1.29, 1.82) is 0 Å². The summed E-state index contributed by atoms with van der Waals surface area (Å²) in [7, 11) is 1.53. The molecule has 0 radical (unpaired) electrons. The Bertz CT molecular complexity index is 1040. The molecular weight excluding hydrogens is 396 g/mol. The van der Waals surface area contributed by atoms with Crippen molar-refractivity contribution in [3.05, 3.63) is 78.4 Å². The molecule has 0 saturated heterocycles. The van der Waals surface area contributed by atoms with Crippen LogP contribution in [0.1, 0.15) is 5.56 Å². The average Bonchev–Trinajstić information content (AvgIpc) is 2.81. The highest BCUT2D eigenvalue weighted by Gasteiger charge is 2.11. The first-order valence-electron chi connectivity index (χ1n) is 9.69. The number of hydrogen-bond donors (Lipinski definition) is 2. The highest BCUT2D eigenvalue weighted by atomic mass is 16.5. The number of amides is 2. The van der Waals surface area contributed by atoms with Gasteiger partial charge in [0.1, 0.15) is 5.75 Å². The predicted octanol–water partition coefficient (Wildman–Crippen LogP) is 3.28. The highest BCUT2D eigenvalue weighted by Crippen LogP contribution is 2.29. The van der Waals surface area contributed by atoms with Crippen LogP contribution in [-0.4, -0.2) is 32.1 Å². The van der Waals surface area contributed by atoms with Gasteiger partial charge in [0.15, 0.2) is 24.7 Å². The van der Waals surface area contributed by atoms with Crippen LogP contribution in [0.3, 0.4) is 0 Å². The summed E-state index contributed by atoms with van der Waals surface area (Å²) in [6.45, 7) is 1.39. The van der Waals surface area contributed by atoms with Crippen molar-refractivity contribution in [1.82, 2.24) is 10.9 Å². The van der Waals surface area contributed by atoms with E-state index in [-0.39, 0.29) is 13.2 Å². The molecule has 0 aliphatic heterocycles.